The lowest BCUT2D eigenvalue weighted by atomic mass is 9.94. The van der Waals surface area contributed by atoms with Crippen molar-refractivity contribution in [2.75, 3.05) is 6.54 Å². The molecule has 1 unspecified atom stereocenters. The number of ketones is 1. The summed E-state index contributed by atoms with van der Waals surface area (Å²) in [6.07, 6.45) is 4.48. The van der Waals surface area contributed by atoms with E-state index in [-0.39, 0.29) is 30.1 Å². The molecular formula is C27H36N2O5. The number of carbonyl (C=O) groups is 4. The summed E-state index contributed by atoms with van der Waals surface area (Å²) in [6.45, 7) is 7.59. The van der Waals surface area contributed by atoms with Gasteiger partial charge in [-0.2, -0.15) is 0 Å². The second-order valence-corrected chi connectivity index (χ2v) is 9.68. The SMILES string of the molecule is C/C1=C\[C@H](C)CC[C@@H](C)OC(=O)C2CCCN2C(=O)[C@H](Cc2ccccc2)NC(=O)[C@H](C)C1=O. The van der Waals surface area contributed by atoms with E-state index < -0.39 is 29.9 Å². The van der Waals surface area contributed by atoms with E-state index in [2.05, 4.69) is 5.32 Å². The van der Waals surface area contributed by atoms with Gasteiger partial charge < -0.3 is 15.0 Å². The number of cyclic esters (lactones) is 1. The first kappa shape index (κ1) is 25.7. The monoisotopic (exact) mass is 468 g/mol. The van der Waals surface area contributed by atoms with Crippen LogP contribution in [0.5, 0.6) is 0 Å². The maximum absolute atomic E-state index is 13.6. The molecule has 1 aromatic rings. The zero-order valence-electron chi connectivity index (χ0n) is 20.6. The van der Waals surface area contributed by atoms with Gasteiger partial charge in [0.2, 0.25) is 11.8 Å². The quantitative estimate of drug-likeness (QED) is 0.531. The van der Waals surface area contributed by atoms with Crippen molar-refractivity contribution in [3.8, 4) is 0 Å². The molecule has 184 valence electrons. The molecule has 1 aromatic carbocycles. The van der Waals surface area contributed by atoms with Gasteiger partial charge in [-0.25, -0.2) is 4.79 Å². The smallest absolute Gasteiger partial charge is 0.329 e. The van der Waals surface area contributed by atoms with E-state index >= 15 is 0 Å². The molecule has 0 aromatic heterocycles. The topological polar surface area (TPSA) is 92.8 Å². The summed E-state index contributed by atoms with van der Waals surface area (Å²) in [5.41, 5.74) is 1.41. The first-order chi connectivity index (χ1) is 16.2. The van der Waals surface area contributed by atoms with Crippen LogP contribution in [-0.4, -0.2) is 53.2 Å². The lowest BCUT2D eigenvalue weighted by Crippen LogP contribution is -2.54. The molecule has 2 amide bonds. The van der Waals surface area contributed by atoms with Crippen LogP contribution in [0.25, 0.3) is 0 Å². The van der Waals surface area contributed by atoms with Gasteiger partial charge in [-0.05, 0) is 63.5 Å². The molecular weight excluding hydrogens is 432 g/mol. The van der Waals surface area contributed by atoms with Gasteiger partial charge in [0.25, 0.3) is 0 Å². The second-order valence-electron chi connectivity index (χ2n) is 9.68. The first-order valence-electron chi connectivity index (χ1n) is 12.2. The third-order valence-electron chi connectivity index (χ3n) is 6.76. The summed E-state index contributed by atoms with van der Waals surface area (Å²) < 4.78 is 5.69. The first-order valence-corrected chi connectivity index (χ1v) is 12.2. The number of hydrogen-bond acceptors (Lipinski definition) is 5. The Hall–Kier alpha value is -2.96. The van der Waals surface area contributed by atoms with Crippen molar-refractivity contribution in [1.82, 2.24) is 10.2 Å². The highest BCUT2D eigenvalue weighted by molar-refractivity contribution is 6.09. The fourth-order valence-corrected chi connectivity index (χ4v) is 4.71. The van der Waals surface area contributed by atoms with E-state index in [9.17, 15) is 19.2 Å². The minimum Gasteiger partial charge on any atom is -0.461 e. The van der Waals surface area contributed by atoms with Gasteiger partial charge in [0, 0.05) is 13.0 Å². The average Bonchev–Trinajstić information content (AvgIpc) is 3.31. The van der Waals surface area contributed by atoms with Crippen molar-refractivity contribution in [3.05, 3.63) is 47.5 Å². The maximum atomic E-state index is 13.6. The molecule has 3 rings (SSSR count). The van der Waals surface area contributed by atoms with Crippen LogP contribution in [0, 0.1) is 11.8 Å². The number of fused-ring (bicyclic) bond motifs is 1. The van der Waals surface area contributed by atoms with Crippen LogP contribution < -0.4 is 5.32 Å². The maximum Gasteiger partial charge on any atom is 0.329 e. The summed E-state index contributed by atoms with van der Waals surface area (Å²) in [6, 6.07) is 7.86. The number of benzene rings is 1. The number of nitrogens with zero attached hydrogens (tertiary/aromatic N) is 1. The van der Waals surface area contributed by atoms with Gasteiger partial charge in [-0.3, -0.25) is 14.4 Å². The van der Waals surface area contributed by atoms with Crippen LogP contribution in [-0.2, 0) is 30.3 Å². The van der Waals surface area contributed by atoms with Crippen LogP contribution in [0.3, 0.4) is 0 Å². The number of rotatable bonds is 2. The number of allylic oxidation sites excluding steroid dienone is 2. The van der Waals surface area contributed by atoms with E-state index in [1.54, 1.807) is 13.8 Å². The lowest BCUT2D eigenvalue weighted by molar-refractivity contribution is -0.158. The highest BCUT2D eigenvalue weighted by atomic mass is 16.5. The van der Waals surface area contributed by atoms with Crippen LogP contribution in [0.1, 0.15) is 58.9 Å². The summed E-state index contributed by atoms with van der Waals surface area (Å²) >= 11 is 0. The molecule has 0 radical (unpaired) electrons. The van der Waals surface area contributed by atoms with Gasteiger partial charge in [-0.15, -0.1) is 0 Å². The summed E-state index contributed by atoms with van der Waals surface area (Å²) in [5, 5.41) is 2.81. The van der Waals surface area contributed by atoms with Crippen molar-refractivity contribution in [2.24, 2.45) is 11.8 Å². The van der Waals surface area contributed by atoms with Crippen LogP contribution in [0.15, 0.2) is 42.0 Å². The average molecular weight is 469 g/mol. The predicted octanol–water partition coefficient (Wildman–Crippen LogP) is 3.22. The molecule has 2 aliphatic heterocycles. The molecule has 1 fully saturated rings. The van der Waals surface area contributed by atoms with Crippen molar-refractivity contribution in [1.29, 1.82) is 0 Å². The fourth-order valence-electron chi connectivity index (χ4n) is 4.71. The normalized spacial score (nSPS) is 31.4. The van der Waals surface area contributed by atoms with E-state index in [1.165, 1.54) is 4.90 Å². The largest absolute Gasteiger partial charge is 0.461 e. The number of esters is 1. The summed E-state index contributed by atoms with van der Waals surface area (Å²) in [5.74, 6) is -2.26. The lowest BCUT2D eigenvalue weighted by Gasteiger charge is -2.30. The second kappa shape index (κ2) is 11.4. The zero-order chi connectivity index (χ0) is 24.8. The Morgan fingerprint density at radius 3 is 2.41 bits per heavy atom. The molecule has 0 saturated carbocycles. The zero-order valence-corrected chi connectivity index (χ0v) is 20.6. The van der Waals surface area contributed by atoms with Crippen LogP contribution >= 0.6 is 0 Å². The Labute approximate surface area is 201 Å². The third kappa shape index (κ3) is 6.33. The molecule has 2 aliphatic rings. The Morgan fingerprint density at radius 1 is 1.00 bits per heavy atom. The minimum absolute atomic E-state index is 0.101. The van der Waals surface area contributed by atoms with Gasteiger partial charge in [0.1, 0.15) is 12.1 Å². The molecule has 7 heteroatoms. The molecule has 7 nitrogen and oxygen atoms in total. The molecule has 0 bridgehead atoms. The van der Waals surface area contributed by atoms with E-state index in [4.69, 9.17) is 4.74 Å². The number of amides is 2. The Balaban J connectivity index is 1.93. The molecule has 34 heavy (non-hydrogen) atoms. The van der Waals surface area contributed by atoms with Crippen molar-refractivity contribution in [3.63, 3.8) is 0 Å². The van der Waals surface area contributed by atoms with Crippen LogP contribution in [0.4, 0.5) is 0 Å². The van der Waals surface area contributed by atoms with Crippen molar-refractivity contribution < 1.29 is 23.9 Å². The van der Waals surface area contributed by atoms with E-state index in [1.807, 2.05) is 50.3 Å². The van der Waals surface area contributed by atoms with Gasteiger partial charge in [0.15, 0.2) is 5.78 Å². The molecule has 0 spiro atoms. The molecule has 0 aliphatic carbocycles. The van der Waals surface area contributed by atoms with Crippen LogP contribution in [0.2, 0.25) is 0 Å². The molecule has 1 saturated heterocycles. The number of carbonyl (C=O) groups excluding carboxylic acids is 4. The van der Waals surface area contributed by atoms with Gasteiger partial charge in [-0.1, -0.05) is 43.3 Å². The molecule has 2 heterocycles. The van der Waals surface area contributed by atoms with E-state index in [0.29, 0.717) is 31.4 Å². The highest BCUT2D eigenvalue weighted by Gasteiger charge is 2.39. The number of hydrogen-bond donors (Lipinski definition) is 1. The van der Waals surface area contributed by atoms with Crippen molar-refractivity contribution >= 4 is 23.6 Å². The summed E-state index contributed by atoms with van der Waals surface area (Å²) in [7, 11) is 0. The molecule has 5 atom stereocenters. The number of Topliss-reactive ketones (excluding diaryl/α,β-unsaturated/α-hetero) is 1. The highest BCUT2D eigenvalue weighted by Crippen LogP contribution is 2.23. The van der Waals surface area contributed by atoms with Gasteiger partial charge in [0.05, 0.1) is 12.0 Å². The minimum atomic E-state index is -0.916. The number of ether oxygens (including phenoxy) is 1. The third-order valence-corrected chi connectivity index (χ3v) is 6.76. The predicted molar refractivity (Wildman–Crippen MR) is 129 cm³/mol. The summed E-state index contributed by atoms with van der Waals surface area (Å²) in [4.78, 5) is 54.1. The molecule has 1 N–H and O–H groups in total. The van der Waals surface area contributed by atoms with Gasteiger partial charge >= 0.3 is 5.97 Å². The standard InChI is InChI=1S/C27H36N2O5/c1-17-12-13-19(3)34-27(33)23-11-8-14-29(23)26(32)22(16-21-9-6-5-7-10-21)28-25(31)20(4)24(30)18(2)15-17/h5-7,9-10,15,17,19-20,22-23H,8,11-14,16H2,1-4H3,(H,28,31)/b18-15+/t17-,19-,20-,22+,23?/m1/s1. The number of nitrogens with one attached hydrogen (secondary N) is 1. The van der Waals surface area contributed by atoms with E-state index in [0.717, 1.165) is 12.0 Å². The Kier molecular flexibility index (Phi) is 8.64. The van der Waals surface area contributed by atoms with Crippen molar-refractivity contribution in [2.45, 2.75) is 78.0 Å². The Bertz CT molecular complexity index is 942. The fraction of sp³-hybridized carbons (Fsp3) is 0.556. The Morgan fingerprint density at radius 2 is 1.71 bits per heavy atom.